The van der Waals surface area contributed by atoms with E-state index < -0.39 is 0 Å². The number of aromatic nitrogens is 1. The van der Waals surface area contributed by atoms with Gasteiger partial charge < -0.3 is 15.2 Å². The summed E-state index contributed by atoms with van der Waals surface area (Å²) in [5.74, 6) is 1.51. The number of pyridine rings is 1. The second-order valence-electron chi connectivity index (χ2n) is 3.88. The third-order valence-electron chi connectivity index (χ3n) is 2.77. The summed E-state index contributed by atoms with van der Waals surface area (Å²) in [6, 6.07) is 11.1. The predicted octanol–water partition coefficient (Wildman–Crippen LogP) is 2.15. The quantitative estimate of drug-likeness (QED) is 0.895. The Kier molecular flexibility index (Phi) is 3.79. The lowest BCUT2D eigenvalue weighted by Crippen LogP contribution is -2.13. The van der Waals surface area contributed by atoms with Gasteiger partial charge in [-0.15, -0.1) is 0 Å². The van der Waals surface area contributed by atoms with Crippen molar-refractivity contribution in [1.29, 1.82) is 0 Å². The Labute approximate surface area is 106 Å². The first-order valence-electron chi connectivity index (χ1n) is 5.64. The average Bonchev–Trinajstić information content (AvgIpc) is 2.46. The number of benzene rings is 1. The molecule has 1 heterocycles. The van der Waals surface area contributed by atoms with Crippen molar-refractivity contribution < 1.29 is 9.47 Å². The minimum atomic E-state index is -0.272. The Morgan fingerprint density at radius 2 is 1.83 bits per heavy atom. The van der Waals surface area contributed by atoms with Crippen LogP contribution in [-0.2, 0) is 0 Å². The van der Waals surface area contributed by atoms with Crippen LogP contribution in [0.1, 0.15) is 17.3 Å². The molecule has 1 aromatic carbocycles. The van der Waals surface area contributed by atoms with Gasteiger partial charge in [0, 0.05) is 0 Å². The summed E-state index contributed by atoms with van der Waals surface area (Å²) in [4.78, 5) is 4.29. The van der Waals surface area contributed by atoms with Crippen molar-refractivity contribution in [2.75, 3.05) is 14.2 Å². The highest BCUT2D eigenvalue weighted by molar-refractivity contribution is 5.35. The Morgan fingerprint density at radius 1 is 1.06 bits per heavy atom. The smallest absolute Gasteiger partial charge is 0.137 e. The molecular formula is C14H16N2O2. The first-order valence-corrected chi connectivity index (χ1v) is 5.64. The lowest BCUT2D eigenvalue weighted by molar-refractivity contribution is 0.412. The van der Waals surface area contributed by atoms with Gasteiger partial charge in [0.25, 0.3) is 0 Å². The van der Waals surface area contributed by atoms with Crippen LogP contribution < -0.4 is 15.2 Å². The third kappa shape index (κ3) is 2.60. The molecule has 0 bridgehead atoms. The minimum absolute atomic E-state index is 0.272. The van der Waals surface area contributed by atoms with Crippen LogP contribution in [0.25, 0.3) is 0 Å². The summed E-state index contributed by atoms with van der Waals surface area (Å²) >= 11 is 0. The van der Waals surface area contributed by atoms with Crippen LogP contribution in [0.5, 0.6) is 11.5 Å². The van der Waals surface area contributed by atoms with E-state index in [1.807, 2.05) is 36.4 Å². The summed E-state index contributed by atoms with van der Waals surface area (Å²) in [6.07, 6.45) is 1.66. The molecule has 2 rings (SSSR count). The third-order valence-corrected chi connectivity index (χ3v) is 2.77. The Balaban J connectivity index is 2.25. The van der Waals surface area contributed by atoms with Crippen LogP contribution in [0, 0.1) is 0 Å². The van der Waals surface area contributed by atoms with Gasteiger partial charge in [0.15, 0.2) is 0 Å². The van der Waals surface area contributed by atoms with Crippen LogP contribution in [0.15, 0.2) is 42.6 Å². The number of nitrogens with zero attached hydrogens (tertiary/aromatic N) is 1. The number of ether oxygens (including phenoxy) is 2. The number of methoxy groups -OCH3 is 2. The summed E-state index contributed by atoms with van der Waals surface area (Å²) in [5, 5.41) is 0. The molecule has 0 fully saturated rings. The molecule has 1 unspecified atom stereocenters. The van der Waals surface area contributed by atoms with E-state index in [0.717, 1.165) is 22.8 Å². The van der Waals surface area contributed by atoms with Gasteiger partial charge in [0.1, 0.15) is 11.5 Å². The molecule has 0 radical (unpaired) electrons. The largest absolute Gasteiger partial charge is 0.497 e. The molecule has 2 aromatic rings. The van der Waals surface area contributed by atoms with E-state index in [9.17, 15) is 0 Å². The Hall–Kier alpha value is -2.07. The lowest BCUT2D eigenvalue weighted by atomic mass is 10.0. The molecule has 0 saturated carbocycles. The highest BCUT2D eigenvalue weighted by atomic mass is 16.5. The van der Waals surface area contributed by atoms with Crippen molar-refractivity contribution in [1.82, 2.24) is 4.98 Å². The maximum absolute atomic E-state index is 6.17. The summed E-state index contributed by atoms with van der Waals surface area (Å²) in [5.41, 5.74) is 7.93. The first-order chi connectivity index (χ1) is 8.74. The van der Waals surface area contributed by atoms with Crippen molar-refractivity contribution in [3.63, 3.8) is 0 Å². The normalized spacial score (nSPS) is 11.9. The van der Waals surface area contributed by atoms with Crippen LogP contribution in [0.4, 0.5) is 0 Å². The van der Waals surface area contributed by atoms with Crippen molar-refractivity contribution >= 4 is 0 Å². The van der Waals surface area contributed by atoms with E-state index in [2.05, 4.69) is 4.98 Å². The Morgan fingerprint density at radius 3 is 2.44 bits per heavy atom. The van der Waals surface area contributed by atoms with E-state index in [-0.39, 0.29) is 6.04 Å². The van der Waals surface area contributed by atoms with Crippen LogP contribution in [0.2, 0.25) is 0 Å². The fraction of sp³-hybridized carbons (Fsp3) is 0.214. The molecular weight excluding hydrogens is 228 g/mol. The molecule has 0 saturated heterocycles. The molecule has 4 nitrogen and oxygen atoms in total. The van der Waals surface area contributed by atoms with Crippen molar-refractivity contribution in [3.05, 3.63) is 53.9 Å². The SMILES string of the molecule is COc1ccc(C(N)c2cccc(OC)c2)nc1. The van der Waals surface area contributed by atoms with Gasteiger partial charge in [-0.2, -0.15) is 0 Å². The zero-order chi connectivity index (χ0) is 13.0. The monoisotopic (exact) mass is 244 g/mol. The predicted molar refractivity (Wildman–Crippen MR) is 69.8 cm³/mol. The standard InChI is InChI=1S/C14H16N2O2/c1-17-11-5-3-4-10(8-11)14(15)13-7-6-12(18-2)9-16-13/h3-9,14H,15H2,1-2H3. The molecule has 0 amide bonds. The maximum Gasteiger partial charge on any atom is 0.137 e. The number of rotatable bonds is 4. The summed E-state index contributed by atoms with van der Waals surface area (Å²) in [6.45, 7) is 0. The van der Waals surface area contributed by atoms with Gasteiger partial charge in [0.05, 0.1) is 32.2 Å². The van der Waals surface area contributed by atoms with Crippen LogP contribution >= 0.6 is 0 Å². The fourth-order valence-electron chi connectivity index (χ4n) is 1.70. The number of nitrogens with two attached hydrogens (primary N) is 1. The molecule has 1 aromatic heterocycles. The van der Waals surface area contributed by atoms with Gasteiger partial charge in [-0.25, -0.2) is 0 Å². The van der Waals surface area contributed by atoms with E-state index in [1.165, 1.54) is 0 Å². The zero-order valence-electron chi connectivity index (χ0n) is 10.5. The second-order valence-corrected chi connectivity index (χ2v) is 3.88. The van der Waals surface area contributed by atoms with E-state index >= 15 is 0 Å². The molecule has 1 atom stereocenters. The second kappa shape index (κ2) is 5.51. The van der Waals surface area contributed by atoms with Crippen LogP contribution in [0.3, 0.4) is 0 Å². The first kappa shape index (κ1) is 12.4. The van der Waals surface area contributed by atoms with E-state index in [1.54, 1.807) is 20.4 Å². The van der Waals surface area contributed by atoms with E-state index in [0.29, 0.717) is 0 Å². The number of hydrogen-bond donors (Lipinski definition) is 1. The molecule has 0 aliphatic rings. The van der Waals surface area contributed by atoms with Gasteiger partial charge in [-0.3, -0.25) is 4.98 Å². The molecule has 0 spiro atoms. The lowest BCUT2D eigenvalue weighted by Gasteiger charge is -2.13. The molecule has 2 N–H and O–H groups in total. The minimum Gasteiger partial charge on any atom is -0.497 e. The van der Waals surface area contributed by atoms with Crippen molar-refractivity contribution in [3.8, 4) is 11.5 Å². The zero-order valence-corrected chi connectivity index (χ0v) is 10.5. The maximum atomic E-state index is 6.17. The highest BCUT2D eigenvalue weighted by Gasteiger charge is 2.11. The van der Waals surface area contributed by atoms with Gasteiger partial charge in [0.2, 0.25) is 0 Å². The molecule has 18 heavy (non-hydrogen) atoms. The molecule has 0 aliphatic carbocycles. The summed E-state index contributed by atoms with van der Waals surface area (Å²) in [7, 11) is 3.24. The molecule has 94 valence electrons. The molecule has 4 heteroatoms. The summed E-state index contributed by atoms with van der Waals surface area (Å²) < 4.78 is 10.2. The van der Waals surface area contributed by atoms with Gasteiger partial charge >= 0.3 is 0 Å². The Bertz CT molecular complexity index is 511. The van der Waals surface area contributed by atoms with Crippen molar-refractivity contribution in [2.24, 2.45) is 5.73 Å². The van der Waals surface area contributed by atoms with Crippen LogP contribution in [-0.4, -0.2) is 19.2 Å². The molecule has 0 aliphatic heterocycles. The average molecular weight is 244 g/mol. The number of hydrogen-bond acceptors (Lipinski definition) is 4. The van der Waals surface area contributed by atoms with E-state index in [4.69, 9.17) is 15.2 Å². The fourth-order valence-corrected chi connectivity index (χ4v) is 1.70. The highest BCUT2D eigenvalue weighted by Crippen LogP contribution is 2.22. The topological polar surface area (TPSA) is 57.4 Å². The van der Waals surface area contributed by atoms with Gasteiger partial charge in [-0.05, 0) is 29.8 Å². The van der Waals surface area contributed by atoms with Crippen molar-refractivity contribution in [2.45, 2.75) is 6.04 Å². The van der Waals surface area contributed by atoms with Gasteiger partial charge in [-0.1, -0.05) is 12.1 Å².